The zero-order valence-corrected chi connectivity index (χ0v) is 13.1. The first-order valence-corrected chi connectivity index (χ1v) is 7.74. The van der Waals surface area contributed by atoms with Crippen molar-refractivity contribution in [2.45, 2.75) is 64.6 Å². The van der Waals surface area contributed by atoms with Crippen molar-refractivity contribution < 1.29 is 9.59 Å². The van der Waals surface area contributed by atoms with Crippen molar-refractivity contribution in [3.05, 3.63) is 0 Å². The number of nitrogens with zero attached hydrogens (tertiary/aromatic N) is 2. The number of carbonyl (C=O) groups excluding carboxylic acids is 2. The molecule has 2 heterocycles. The fraction of sp³-hybridized carbons (Fsp3) is 0.867. The fourth-order valence-corrected chi connectivity index (χ4v) is 3.31. The molecule has 2 aliphatic rings. The van der Waals surface area contributed by atoms with Gasteiger partial charge in [-0.3, -0.25) is 9.59 Å². The van der Waals surface area contributed by atoms with Crippen LogP contribution in [0.2, 0.25) is 0 Å². The molecule has 0 bridgehead atoms. The van der Waals surface area contributed by atoms with Crippen LogP contribution in [0.25, 0.3) is 0 Å². The highest BCUT2D eigenvalue weighted by Gasteiger charge is 2.46. The monoisotopic (exact) mass is 281 g/mol. The van der Waals surface area contributed by atoms with E-state index in [1.165, 1.54) is 6.42 Å². The minimum Gasteiger partial charge on any atom is -0.340 e. The average Bonchev–Trinajstić information content (AvgIpc) is 2.39. The van der Waals surface area contributed by atoms with Crippen LogP contribution in [0.15, 0.2) is 0 Å². The summed E-state index contributed by atoms with van der Waals surface area (Å²) in [5, 5.41) is 2.81. The highest BCUT2D eigenvalue weighted by molar-refractivity contribution is 5.99. The molecule has 2 rings (SSSR count). The van der Waals surface area contributed by atoms with E-state index in [2.05, 4.69) is 17.1 Å². The minimum atomic E-state index is -0.774. The summed E-state index contributed by atoms with van der Waals surface area (Å²) in [4.78, 5) is 28.9. The van der Waals surface area contributed by atoms with Crippen LogP contribution >= 0.6 is 0 Å². The van der Waals surface area contributed by atoms with Crippen molar-refractivity contribution in [2.75, 3.05) is 19.6 Å². The first kappa shape index (κ1) is 15.3. The van der Waals surface area contributed by atoms with Crippen molar-refractivity contribution >= 4 is 11.8 Å². The van der Waals surface area contributed by atoms with Crippen LogP contribution in [0.5, 0.6) is 0 Å². The number of nitrogens with one attached hydrogen (secondary N) is 1. The molecular weight excluding hydrogens is 254 g/mol. The molecule has 0 aliphatic carbocycles. The summed E-state index contributed by atoms with van der Waals surface area (Å²) in [6.07, 6.45) is 3.11. The molecule has 2 fully saturated rings. The standard InChI is InChI=1S/C15H27N3O2/c1-5-8-17-9-6-12(7-10-17)18-11(2)13(19)16-15(3,4)14(18)20/h11-12H,5-10H2,1-4H3,(H,16,19). The third kappa shape index (κ3) is 2.82. The molecule has 114 valence electrons. The van der Waals surface area contributed by atoms with Gasteiger partial charge in [0.1, 0.15) is 11.6 Å². The van der Waals surface area contributed by atoms with Crippen LogP contribution < -0.4 is 5.32 Å². The summed E-state index contributed by atoms with van der Waals surface area (Å²) in [6, 6.07) is -0.144. The van der Waals surface area contributed by atoms with Crippen molar-refractivity contribution in [1.82, 2.24) is 15.1 Å². The van der Waals surface area contributed by atoms with Crippen LogP contribution in [0.3, 0.4) is 0 Å². The number of amides is 2. The largest absolute Gasteiger partial charge is 0.340 e. The zero-order chi connectivity index (χ0) is 14.9. The lowest BCUT2D eigenvalue weighted by Gasteiger charge is -2.47. The van der Waals surface area contributed by atoms with E-state index in [4.69, 9.17) is 0 Å². The smallest absolute Gasteiger partial charge is 0.248 e. The summed E-state index contributed by atoms with van der Waals surface area (Å²) >= 11 is 0. The van der Waals surface area contributed by atoms with Crippen LogP contribution in [-0.2, 0) is 9.59 Å². The molecule has 5 heteroatoms. The number of hydrogen-bond acceptors (Lipinski definition) is 3. The molecule has 2 aliphatic heterocycles. The van der Waals surface area contributed by atoms with Crippen LogP contribution in [-0.4, -0.2) is 58.9 Å². The number of likely N-dealkylation sites (tertiary alicyclic amines) is 1. The molecule has 0 aromatic carbocycles. The Morgan fingerprint density at radius 1 is 1.25 bits per heavy atom. The summed E-state index contributed by atoms with van der Waals surface area (Å²) in [6.45, 7) is 10.8. The maximum Gasteiger partial charge on any atom is 0.248 e. The van der Waals surface area contributed by atoms with E-state index < -0.39 is 5.54 Å². The van der Waals surface area contributed by atoms with Gasteiger partial charge >= 0.3 is 0 Å². The predicted octanol–water partition coefficient (Wildman–Crippen LogP) is 0.986. The molecule has 2 amide bonds. The lowest BCUT2D eigenvalue weighted by molar-refractivity contribution is -0.156. The van der Waals surface area contributed by atoms with Gasteiger partial charge in [-0.15, -0.1) is 0 Å². The van der Waals surface area contributed by atoms with Gasteiger partial charge in [-0.1, -0.05) is 6.92 Å². The van der Waals surface area contributed by atoms with E-state index in [9.17, 15) is 9.59 Å². The Bertz CT molecular complexity index is 387. The van der Waals surface area contributed by atoms with Gasteiger partial charge in [-0.05, 0) is 46.6 Å². The maximum atomic E-state index is 12.6. The highest BCUT2D eigenvalue weighted by atomic mass is 16.2. The Labute approximate surface area is 121 Å². The normalized spacial score (nSPS) is 28.6. The Balaban J connectivity index is 2.07. The molecule has 0 saturated carbocycles. The molecule has 0 aromatic heterocycles. The van der Waals surface area contributed by atoms with Gasteiger partial charge in [0, 0.05) is 19.1 Å². The predicted molar refractivity (Wildman–Crippen MR) is 78.3 cm³/mol. The van der Waals surface area contributed by atoms with Gasteiger partial charge in [0.15, 0.2) is 0 Å². The highest BCUT2D eigenvalue weighted by Crippen LogP contribution is 2.25. The van der Waals surface area contributed by atoms with Crippen LogP contribution in [0.1, 0.15) is 47.0 Å². The van der Waals surface area contributed by atoms with Crippen LogP contribution in [0, 0.1) is 0 Å². The maximum absolute atomic E-state index is 12.6. The van der Waals surface area contributed by atoms with Crippen molar-refractivity contribution in [3.8, 4) is 0 Å². The van der Waals surface area contributed by atoms with Gasteiger partial charge in [-0.2, -0.15) is 0 Å². The first-order chi connectivity index (χ1) is 9.36. The molecular formula is C15H27N3O2. The molecule has 20 heavy (non-hydrogen) atoms. The van der Waals surface area contributed by atoms with E-state index in [-0.39, 0.29) is 23.9 Å². The van der Waals surface area contributed by atoms with E-state index >= 15 is 0 Å². The Morgan fingerprint density at radius 2 is 1.85 bits per heavy atom. The van der Waals surface area contributed by atoms with Crippen LogP contribution in [0.4, 0.5) is 0 Å². The van der Waals surface area contributed by atoms with E-state index in [0.29, 0.717) is 0 Å². The van der Waals surface area contributed by atoms with E-state index in [0.717, 1.165) is 32.5 Å². The average molecular weight is 281 g/mol. The second-order valence-electron chi connectivity index (χ2n) is 6.58. The summed E-state index contributed by atoms with van der Waals surface area (Å²) in [7, 11) is 0. The zero-order valence-electron chi connectivity index (χ0n) is 13.1. The molecule has 0 spiro atoms. The number of piperazine rings is 1. The number of hydrogen-bond donors (Lipinski definition) is 1. The fourth-order valence-electron chi connectivity index (χ4n) is 3.31. The second kappa shape index (κ2) is 5.72. The Hall–Kier alpha value is -1.10. The third-order valence-corrected chi connectivity index (χ3v) is 4.49. The summed E-state index contributed by atoms with van der Waals surface area (Å²) < 4.78 is 0. The van der Waals surface area contributed by atoms with Crippen molar-refractivity contribution in [2.24, 2.45) is 0 Å². The Kier molecular flexibility index (Phi) is 4.37. The molecule has 5 nitrogen and oxygen atoms in total. The molecule has 2 saturated heterocycles. The second-order valence-corrected chi connectivity index (χ2v) is 6.58. The number of rotatable bonds is 3. The quantitative estimate of drug-likeness (QED) is 0.839. The van der Waals surface area contributed by atoms with E-state index in [1.54, 1.807) is 13.8 Å². The summed E-state index contributed by atoms with van der Waals surface area (Å²) in [5.41, 5.74) is -0.774. The minimum absolute atomic E-state index is 0.0365. The lowest BCUT2D eigenvalue weighted by Crippen LogP contribution is -2.70. The molecule has 0 radical (unpaired) electrons. The first-order valence-electron chi connectivity index (χ1n) is 7.74. The van der Waals surface area contributed by atoms with Crippen molar-refractivity contribution in [3.63, 3.8) is 0 Å². The van der Waals surface area contributed by atoms with Gasteiger partial charge in [0.2, 0.25) is 11.8 Å². The SMILES string of the molecule is CCCN1CCC(N2C(=O)C(C)(C)NC(=O)C2C)CC1. The van der Waals surface area contributed by atoms with Gasteiger partial charge in [0.25, 0.3) is 0 Å². The molecule has 1 N–H and O–H groups in total. The van der Waals surface area contributed by atoms with Gasteiger partial charge in [0.05, 0.1) is 0 Å². The number of carbonyl (C=O) groups is 2. The Morgan fingerprint density at radius 3 is 2.40 bits per heavy atom. The molecule has 1 atom stereocenters. The molecule has 1 unspecified atom stereocenters. The topological polar surface area (TPSA) is 52.6 Å². The number of piperidine rings is 1. The van der Waals surface area contributed by atoms with Gasteiger partial charge in [-0.25, -0.2) is 0 Å². The summed E-state index contributed by atoms with van der Waals surface area (Å²) in [5.74, 6) is 0.0177. The van der Waals surface area contributed by atoms with Gasteiger partial charge < -0.3 is 15.1 Å². The van der Waals surface area contributed by atoms with E-state index in [1.807, 2.05) is 11.8 Å². The lowest BCUT2D eigenvalue weighted by atomic mass is 9.92. The molecule has 0 aromatic rings. The third-order valence-electron chi connectivity index (χ3n) is 4.49. The van der Waals surface area contributed by atoms with Crippen molar-refractivity contribution in [1.29, 1.82) is 0 Å².